The minimum absolute atomic E-state index is 0.254. The van der Waals surface area contributed by atoms with Gasteiger partial charge in [0, 0.05) is 5.56 Å². The number of halogens is 3. The third-order valence-electron chi connectivity index (χ3n) is 4.79. The highest BCUT2D eigenvalue weighted by Crippen LogP contribution is 2.28. The fourth-order valence-electron chi connectivity index (χ4n) is 2.96. The molecule has 0 aliphatic carbocycles. The topological polar surface area (TPSA) is 98.2 Å². The number of nitrogens with one attached hydrogen (secondary N) is 2. The second-order valence-corrected chi connectivity index (χ2v) is 8.94. The number of hydrogen-bond acceptors (Lipinski definition) is 6. The van der Waals surface area contributed by atoms with Gasteiger partial charge >= 0.3 is 0 Å². The lowest BCUT2D eigenvalue weighted by Gasteiger charge is -2.10. The summed E-state index contributed by atoms with van der Waals surface area (Å²) in [6, 6.07) is 15.4. The highest BCUT2D eigenvalue weighted by Gasteiger charge is 2.12. The van der Waals surface area contributed by atoms with Crippen molar-refractivity contribution >= 4 is 57.2 Å². The number of ether oxygens (including phenoxy) is 3. The van der Waals surface area contributed by atoms with Crippen LogP contribution >= 0.6 is 39.1 Å². The SMILES string of the molecule is COc1ccc(C(=O)NCC(=O)N/N=C/c2ccc(OCc3ccc(Cl)c(Cl)c3)c(Br)c2)cc1OC. The van der Waals surface area contributed by atoms with Crippen molar-refractivity contribution in [3.8, 4) is 17.2 Å². The van der Waals surface area contributed by atoms with Crippen molar-refractivity contribution in [2.45, 2.75) is 6.61 Å². The summed E-state index contributed by atoms with van der Waals surface area (Å²) < 4.78 is 16.9. The van der Waals surface area contributed by atoms with Gasteiger partial charge in [-0.25, -0.2) is 5.43 Å². The van der Waals surface area contributed by atoms with Gasteiger partial charge in [0.25, 0.3) is 11.8 Å². The van der Waals surface area contributed by atoms with Gasteiger partial charge in [-0.1, -0.05) is 29.3 Å². The maximum absolute atomic E-state index is 12.3. The Hall–Kier alpha value is -3.27. The molecular weight excluding hydrogens is 573 g/mol. The Balaban J connectivity index is 1.48. The molecule has 3 aromatic carbocycles. The summed E-state index contributed by atoms with van der Waals surface area (Å²) in [5.74, 6) is 0.617. The van der Waals surface area contributed by atoms with Crippen LogP contribution in [0.25, 0.3) is 0 Å². The zero-order valence-electron chi connectivity index (χ0n) is 19.3. The minimum Gasteiger partial charge on any atom is -0.493 e. The fourth-order valence-corrected chi connectivity index (χ4v) is 3.80. The second kappa shape index (κ2) is 13.2. The Morgan fingerprint density at radius 2 is 1.69 bits per heavy atom. The van der Waals surface area contributed by atoms with E-state index in [1.165, 1.54) is 26.5 Å². The lowest BCUT2D eigenvalue weighted by molar-refractivity contribution is -0.120. The van der Waals surface area contributed by atoms with Gasteiger partial charge in [0.1, 0.15) is 12.4 Å². The number of hydrazone groups is 1. The number of hydrogen-bond donors (Lipinski definition) is 2. The van der Waals surface area contributed by atoms with Crippen molar-refractivity contribution in [1.29, 1.82) is 0 Å². The van der Waals surface area contributed by atoms with E-state index in [9.17, 15) is 9.59 Å². The lowest BCUT2D eigenvalue weighted by atomic mass is 10.2. The van der Waals surface area contributed by atoms with Gasteiger partial charge in [-0.2, -0.15) is 5.10 Å². The maximum atomic E-state index is 12.3. The highest BCUT2D eigenvalue weighted by atomic mass is 79.9. The molecule has 3 rings (SSSR count). The molecule has 0 saturated carbocycles. The number of carbonyl (C=O) groups excluding carboxylic acids is 2. The Morgan fingerprint density at radius 3 is 2.39 bits per heavy atom. The molecule has 11 heteroatoms. The third-order valence-corrected chi connectivity index (χ3v) is 6.15. The van der Waals surface area contributed by atoms with E-state index >= 15 is 0 Å². The molecule has 0 spiro atoms. The molecule has 36 heavy (non-hydrogen) atoms. The van der Waals surface area contributed by atoms with Crippen molar-refractivity contribution < 1.29 is 23.8 Å². The van der Waals surface area contributed by atoms with E-state index in [2.05, 4.69) is 31.8 Å². The molecule has 0 aliphatic heterocycles. The smallest absolute Gasteiger partial charge is 0.259 e. The van der Waals surface area contributed by atoms with Crippen molar-refractivity contribution in [2.75, 3.05) is 20.8 Å². The van der Waals surface area contributed by atoms with Crippen molar-refractivity contribution in [2.24, 2.45) is 5.10 Å². The van der Waals surface area contributed by atoms with E-state index in [4.69, 9.17) is 37.4 Å². The molecule has 2 N–H and O–H groups in total. The van der Waals surface area contributed by atoms with Crippen LogP contribution in [0.15, 0.2) is 64.2 Å². The molecule has 0 heterocycles. The predicted octanol–water partition coefficient (Wildman–Crippen LogP) is 5.23. The molecular formula is C25H22BrCl2N3O5. The number of amides is 2. The molecule has 0 bridgehead atoms. The standard InChI is InChI=1S/C25H22BrCl2N3O5/c1-34-22-8-5-17(11-23(22)35-2)25(33)29-13-24(32)31-30-12-15-4-7-21(18(26)9-15)36-14-16-3-6-19(27)20(28)10-16/h3-12H,13-14H2,1-2H3,(H,29,33)(H,31,32)/b30-12+. The van der Waals surface area contributed by atoms with Crippen LogP contribution in [0.3, 0.4) is 0 Å². The number of methoxy groups -OCH3 is 2. The summed E-state index contributed by atoms with van der Waals surface area (Å²) in [5, 5.41) is 7.40. The van der Waals surface area contributed by atoms with Crippen molar-refractivity contribution in [3.63, 3.8) is 0 Å². The zero-order valence-corrected chi connectivity index (χ0v) is 22.4. The summed E-state index contributed by atoms with van der Waals surface area (Å²) in [5.41, 5.74) is 4.30. The van der Waals surface area contributed by atoms with E-state index in [-0.39, 0.29) is 6.54 Å². The number of rotatable bonds is 10. The van der Waals surface area contributed by atoms with Gasteiger partial charge < -0.3 is 19.5 Å². The van der Waals surface area contributed by atoms with Gasteiger partial charge in [0.15, 0.2) is 11.5 Å². The van der Waals surface area contributed by atoms with Crippen LogP contribution in [-0.4, -0.2) is 38.8 Å². The van der Waals surface area contributed by atoms with Crippen LogP contribution in [0.2, 0.25) is 10.0 Å². The maximum Gasteiger partial charge on any atom is 0.259 e. The van der Waals surface area contributed by atoms with Gasteiger partial charge in [-0.15, -0.1) is 0 Å². The Bertz CT molecular complexity index is 1290. The predicted molar refractivity (Wildman–Crippen MR) is 143 cm³/mol. The highest BCUT2D eigenvalue weighted by molar-refractivity contribution is 9.10. The molecule has 0 fully saturated rings. The number of carbonyl (C=O) groups is 2. The Labute approximate surface area is 226 Å². The number of nitrogens with zero attached hydrogens (tertiary/aromatic N) is 1. The van der Waals surface area contributed by atoms with Gasteiger partial charge in [0.2, 0.25) is 0 Å². The minimum atomic E-state index is -0.485. The summed E-state index contributed by atoms with van der Waals surface area (Å²) in [6.07, 6.45) is 1.47. The Kier molecular flexibility index (Phi) is 9.98. The van der Waals surface area contributed by atoms with Crippen LogP contribution in [0.5, 0.6) is 17.2 Å². The fraction of sp³-hybridized carbons (Fsp3) is 0.160. The quantitative estimate of drug-likeness (QED) is 0.247. The largest absolute Gasteiger partial charge is 0.493 e. The van der Waals surface area contributed by atoms with E-state index in [0.717, 1.165) is 11.1 Å². The molecule has 0 unspecified atom stereocenters. The van der Waals surface area contributed by atoms with E-state index in [0.29, 0.717) is 43.9 Å². The monoisotopic (exact) mass is 593 g/mol. The summed E-state index contributed by atoms with van der Waals surface area (Å²) >= 11 is 15.4. The molecule has 3 aromatic rings. The number of benzene rings is 3. The Morgan fingerprint density at radius 1 is 0.944 bits per heavy atom. The second-order valence-electron chi connectivity index (χ2n) is 7.27. The van der Waals surface area contributed by atoms with E-state index in [1.807, 2.05) is 6.07 Å². The molecule has 0 aliphatic rings. The van der Waals surface area contributed by atoms with Crippen LogP contribution < -0.4 is 25.0 Å². The first-order valence-electron chi connectivity index (χ1n) is 10.5. The van der Waals surface area contributed by atoms with Crippen LogP contribution in [0.1, 0.15) is 21.5 Å². The average Bonchev–Trinajstić information content (AvgIpc) is 2.88. The van der Waals surface area contributed by atoms with Crippen LogP contribution in [0, 0.1) is 0 Å². The molecule has 2 amide bonds. The average molecular weight is 595 g/mol. The normalized spacial score (nSPS) is 10.7. The molecule has 0 aromatic heterocycles. The van der Waals surface area contributed by atoms with Crippen molar-refractivity contribution in [1.82, 2.24) is 10.7 Å². The summed E-state index contributed by atoms with van der Waals surface area (Å²) in [6.45, 7) is 0.0592. The molecule has 0 saturated heterocycles. The van der Waals surface area contributed by atoms with Crippen molar-refractivity contribution in [3.05, 3.63) is 85.8 Å². The zero-order chi connectivity index (χ0) is 26.1. The summed E-state index contributed by atoms with van der Waals surface area (Å²) in [4.78, 5) is 24.3. The molecule has 0 radical (unpaired) electrons. The molecule has 188 valence electrons. The molecule has 0 atom stereocenters. The molecule has 8 nitrogen and oxygen atoms in total. The van der Waals surface area contributed by atoms with Crippen LogP contribution in [-0.2, 0) is 11.4 Å². The van der Waals surface area contributed by atoms with Gasteiger partial charge in [0.05, 0.1) is 41.5 Å². The first-order chi connectivity index (χ1) is 17.3. The van der Waals surface area contributed by atoms with Gasteiger partial charge in [-0.05, 0) is 75.6 Å². The third kappa shape index (κ3) is 7.61. The van der Waals surface area contributed by atoms with E-state index < -0.39 is 11.8 Å². The summed E-state index contributed by atoms with van der Waals surface area (Å²) in [7, 11) is 2.98. The van der Waals surface area contributed by atoms with E-state index in [1.54, 1.807) is 42.5 Å². The first-order valence-corrected chi connectivity index (χ1v) is 12.0. The van der Waals surface area contributed by atoms with Gasteiger partial charge in [-0.3, -0.25) is 9.59 Å². The lowest BCUT2D eigenvalue weighted by Crippen LogP contribution is -2.34. The first kappa shape index (κ1) is 27.3. The van der Waals surface area contributed by atoms with Crippen LogP contribution in [0.4, 0.5) is 0 Å².